The molecule has 3 atom stereocenters. The minimum Gasteiger partial charge on any atom is -0.484 e. The third kappa shape index (κ3) is 1.74. The predicted molar refractivity (Wildman–Crippen MR) is 73.8 cm³/mol. The average Bonchev–Trinajstić information content (AvgIpc) is 2.76. The van der Waals surface area contributed by atoms with E-state index in [4.69, 9.17) is 9.47 Å². The second-order valence-electron chi connectivity index (χ2n) is 6.18. The van der Waals surface area contributed by atoms with Crippen molar-refractivity contribution in [2.45, 2.75) is 31.1 Å². The van der Waals surface area contributed by atoms with Gasteiger partial charge in [0.25, 0.3) is 5.69 Å². The number of nitro benzene ring substituents is 1. The Morgan fingerprint density at radius 1 is 1.57 bits per heavy atom. The zero-order valence-electron chi connectivity index (χ0n) is 11.6. The van der Waals surface area contributed by atoms with Crippen LogP contribution in [0.25, 0.3) is 0 Å². The maximum Gasteiger partial charge on any atom is 0.293 e. The Morgan fingerprint density at radius 2 is 2.38 bits per heavy atom. The van der Waals surface area contributed by atoms with E-state index in [-0.39, 0.29) is 29.4 Å². The van der Waals surface area contributed by atoms with Crippen molar-refractivity contribution in [3.63, 3.8) is 0 Å². The summed E-state index contributed by atoms with van der Waals surface area (Å²) < 4.78 is 11.1. The molecule has 21 heavy (non-hydrogen) atoms. The molecule has 7 nitrogen and oxygen atoms in total. The number of aliphatic hydroxyl groups is 1. The van der Waals surface area contributed by atoms with Crippen LogP contribution in [0.4, 0.5) is 11.4 Å². The molecule has 1 aromatic carbocycles. The number of rotatable bonds is 3. The summed E-state index contributed by atoms with van der Waals surface area (Å²) in [7, 11) is 0. The van der Waals surface area contributed by atoms with Gasteiger partial charge in [0.1, 0.15) is 17.0 Å². The van der Waals surface area contributed by atoms with Gasteiger partial charge in [-0.05, 0) is 6.92 Å². The number of morpholine rings is 1. The average molecular weight is 292 g/mol. The molecule has 1 N–H and O–H groups in total. The zero-order valence-corrected chi connectivity index (χ0v) is 11.6. The molecule has 3 heterocycles. The lowest BCUT2D eigenvalue weighted by Crippen LogP contribution is -2.71. The SMILES string of the molecule is CC1(CO)Cc2cc([N+](=O)[O-])c(N3CC4OC[C@@H]43)cc2O1. The van der Waals surface area contributed by atoms with Gasteiger partial charge in [-0.15, -0.1) is 0 Å². The van der Waals surface area contributed by atoms with Crippen molar-refractivity contribution in [2.75, 3.05) is 24.7 Å². The summed E-state index contributed by atoms with van der Waals surface area (Å²) in [4.78, 5) is 13.0. The normalized spacial score (nSPS) is 32.6. The summed E-state index contributed by atoms with van der Waals surface area (Å²) >= 11 is 0. The van der Waals surface area contributed by atoms with Crippen molar-refractivity contribution in [2.24, 2.45) is 0 Å². The predicted octanol–water partition coefficient (Wildman–Crippen LogP) is 0.868. The maximum absolute atomic E-state index is 11.4. The number of fused-ring (bicyclic) bond motifs is 2. The number of hydrogen-bond donors (Lipinski definition) is 1. The third-order valence-electron chi connectivity index (χ3n) is 4.61. The molecule has 0 radical (unpaired) electrons. The molecule has 2 fully saturated rings. The molecule has 4 rings (SSSR count). The van der Waals surface area contributed by atoms with E-state index in [0.29, 0.717) is 31.0 Å². The standard InChI is InChI=1S/C14H16N2O5/c1-14(7-17)4-8-2-10(16(18)19)9(3-12(8)21-14)15-5-13-11(15)6-20-13/h2-3,11,13,17H,4-7H2,1H3/t11-,13?,14?/m0/s1. The van der Waals surface area contributed by atoms with Crippen LogP contribution in [0.5, 0.6) is 5.75 Å². The number of nitro groups is 1. The van der Waals surface area contributed by atoms with E-state index in [1.807, 2.05) is 4.90 Å². The molecule has 3 aliphatic heterocycles. The number of benzene rings is 1. The first kappa shape index (κ1) is 12.8. The molecule has 1 aromatic rings. The fourth-order valence-electron chi connectivity index (χ4n) is 3.25. The Kier molecular flexibility index (Phi) is 2.50. The summed E-state index contributed by atoms with van der Waals surface area (Å²) in [5, 5.41) is 20.8. The Morgan fingerprint density at radius 3 is 2.90 bits per heavy atom. The van der Waals surface area contributed by atoms with Gasteiger partial charge in [-0.1, -0.05) is 0 Å². The summed E-state index contributed by atoms with van der Waals surface area (Å²) in [6, 6.07) is 3.56. The van der Waals surface area contributed by atoms with Gasteiger partial charge < -0.3 is 19.5 Å². The minimum atomic E-state index is -0.689. The molecule has 0 bridgehead atoms. The highest BCUT2D eigenvalue weighted by molar-refractivity contribution is 5.71. The van der Waals surface area contributed by atoms with Crippen LogP contribution in [0.15, 0.2) is 12.1 Å². The molecule has 0 amide bonds. The molecule has 0 saturated carbocycles. The van der Waals surface area contributed by atoms with E-state index >= 15 is 0 Å². The van der Waals surface area contributed by atoms with Crippen molar-refractivity contribution in [1.29, 1.82) is 0 Å². The van der Waals surface area contributed by atoms with E-state index in [1.165, 1.54) is 0 Å². The minimum absolute atomic E-state index is 0.102. The van der Waals surface area contributed by atoms with Crippen LogP contribution in [0, 0.1) is 10.1 Å². The second kappa shape index (κ2) is 4.08. The summed E-state index contributed by atoms with van der Waals surface area (Å²) in [5.74, 6) is 0.635. The summed E-state index contributed by atoms with van der Waals surface area (Å²) in [6.07, 6.45) is 0.691. The van der Waals surface area contributed by atoms with Gasteiger partial charge in [0.2, 0.25) is 0 Å². The molecular weight excluding hydrogens is 276 g/mol. The number of ether oxygens (including phenoxy) is 2. The molecule has 2 saturated heterocycles. The zero-order chi connectivity index (χ0) is 14.8. The molecule has 0 spiro atoms. The van der Waals surface area contributed by atoms with Crippen molar-refractivity contribution in [3.8, 4) is 5.75 Å². The van der Waals surface area contributed by atoms with Crippen LogP contribution in [0.3, 0.4) is 0 Å². The number of aliphatic hydroxyl groups excluding tert-OH is 1. The molecule has 0 aliphatic carbocycles. The maximum atomic E-state index is 11.4. The summed E-state index contributed by atoms with van der Waals surface area (Å²) in [5.41, 5.74) is 0.783. The van der Waals surface area contributed by atoms with Gasteiger partial charge in [-0.25, -0.2) is 0 Å². The first-order chi connectivity index (χ1) is 10.0. The molecular formula is C14H16N2O5. The van der Waals surface area contributed by atoms with Crippen LogP contribution >= 0.6 is 0 Å². The highest BCUT2D eigenvalue weighted by Gasteiger charge is 2.49. The van der Waals surface area contributed by atoms with Crippen molar-refractivity contribution < 1.29 is 19.5 Å². The van der Waals surface area contributed by atoms with E-state index in [9.17, 15) is 15.2 Å². The quantitative estimate of drug-likeness (QED) is 0.657. The first-order valence-corrected chi connectivity index (χ1v) is 7.00. The van der Waals surface area contributed by atoms with Crippen LogP contribution in [0.1, 0.15) is 12.5 Å². The number of anilines is 1. The lowest BCUT2D eigenvalue weighted by atomic mass is 9.92. The number of nitrogens with zero attached hydrogens (tertiary/aromatic N) is 2. The largest absolute Gasteiger partial charge is 0.484 e. The second-order valence-corrected chi connectivity index (χ2v) is 6.18. The highest BCUT2D eigenvalue weighted by atomic mass is 16.6. The van der Waals surface area contributed by atoms with Gasteiger partial charge in [-0.2, -0.15) is 0 Å². The number of hydrogen-bond acceptors (Lipinski definition) is 6. The van der Waals surface area contributed by atoms with Gasteiger partial charge in [0.05, 0.1) is 30.3 Å². The van der Waals surface area contributed by atoms with Crippen LogP contribution in [-0.2, 0) is 11.2 Å². The molecule has 0 aromatic heterocycles. The lowest BCUT2D eigenvalue weighted by Gasteiger charge is -2.55. The fourth-order valence-corrected chi connectivity index (χ4v) is 3.25. The Bertz CT molecular complexity index is 634. The van der Waals surface area contributed by atoms with E-state index in [1.54, 1.807) is 19.1 Å². The Balaban J connectivity index is 1.74. The fraction of sp³-hybridized carbons (Fsp3) is 0.571. The third-order valence-corrected chi connectivity index (χ3v) is 4.61. The van der Waals surface area contributed by atoms with Gasteiger partial charge in [0.15, 0.2) is 0 Å². The summed E-state index contributed by atoms with van der Waals surface area (Å²) in [6.45, 7) is 2.99. The van der Waals surface area contributed by atoms with Crippen molar-refractivity contribution in [3.05, 3.63) is 27.8 Å². The van der Waals surface area contributed by atoms with Crippen LogP contribution in [-0.4, -0.2) is 47.5 Å². The monoisotopic (exact) mass is 292 g/mol. The topological polar surface area (TPSA) is 85.1 Å². The molecule has 7 heteroatoms. The van der Waals surface area contributed by atoms with Crippen LogP contribution in [0.2, 0.25) is 0 Å². The lowest BCUT2D eigenvalue weighted by molar-refractivity contribution is -0.384. The van der Waals surface area contributed by atoms with E-state index < -0.39 is 5.60 Å². The van der Waals surface area contributed by atoms with Gasteiger partial charge >= 0.3 is 0 Å². The van der Waals surface area contributed by atoms with Gasteiger partial charge in [-0.3, -0.25) is 10.1 Å². The smallest absolute Gasteiger partial charge is 0.293 e. The van der Waals surface area contributed by atoms with E-state index in [2.05, 4.69) is 0 Å². The first-order valence-electron chi connectivity index (χ1n) is 7.00. The van der Waals surface area contributed by atoms with Crippen molar-refractivity contribution >= 4 is 11.4 Å². The van der Waals surface area contributed by atoms with Crippen molar-refractivity contribution in [1.82, 2.24) is 0 Å². The van der Waals surface area contributed by atoms with Gasteiger partial charge in [0, 0.05) is 30.7 Å². The van der Waals surface area contributed by atoms with Crippen LogP contribution < -0.4 is 9.64 Å². The molecule has 2 unspecified atom stereocenters. The highest BCUT2D eigenvalue weighted by Crippen LogP contribution is 2.46. The Hall–Kier alpha value is -1.86. The molecule has 3 aliphatic rings. The molecule has 112 valence electrons. The van der Waals surface area contributed by atoms with E-state index in [0.717, 1.165) is 5.56 Å². The Labute approximate surface area is 121 Å².